The topological polar surface area (TPSA) is 133 Å². The molecule has 0 aromatic rings. The van der Waals surface area contributed by atoms with Crippen LogP contribution in [0.25, 0.3) is 0 Å². The summed E-state index contributed by atoms with van der Waals surface area (Å²) in [5.74, 6) is 11.8. The number of hydrazine groups is 1. The largest absolute Gasteiger partial charge is 0.326 e. The Balaban J connectivity index is 2.05. The van der Waals surface area contributed by atoms with E-state index in [0.29, 0.717) is 12.4 Å². The minimum Gasteiger partial charge on any atom is -0.326 e. The highest BCUT2D eigenvalue weighted by atomic mass is 16.2. The van der Waals surface area contributed by atoms with E-state index in [2.05, 4.69) is 28.8 Å². The summed E-state index contributed by atoms with van der Waals surface area (Å²) in [4.78, 5) is 14.5. The van der Waals surface area contributed by atoms with Gasteiger partial charge in [-0.2, -0.15) is 10.4 Å². The van der Waals surface area contributed by atoms with Crippen molar-refractivity contribution in [2.24, 2.45) is 22.7 Å². The van der Waals surface area contributed by atoms with Crippen molar-refractivity contribution in [1.82, 2.24) is 15.6 Å². The summed E-state index contributed by atoms with van der Waals surface area (Å²) in [6.07, 6.45) is 10.1. The minimum absolute atomic E-state index is 0.0314. The Hall–Kier alpha value is -1.85. The lowest BCUT2D eigenvalue weighted by atomic mass is 9.75. The van der Waals surface area contributed by atoms with Gasteiger partial charge in [0.1, 0.15) is 11.9 Å². The maximum Gasteiger partial charge on any atom is 0.237 e. The second-order valence-corrected chi connectivity index (χ2v) is 7.89. The summed E-state index contributed by atoms with van der Waals surface area (Å²) in [5.41, 5.74) is 2.51. The molecule has 2 fully saturated rings. The van der Waals surface area contributed by atoms with Crippen molar-refractivity contribution in [3.05, 3.63) is 0 Å². The number of amidine groups is 1. The van der Waals surface area contributed by atoms with Gasteiger partial charge in [-0.05, 0) is 44.9 Å². The van der Waals surface area contributed by atoms with Crippen LogP contribution < -0.4 is 22.4 Å². The van der Waals surface area contributed by atoms with E-state index >= 15 is 0 Å². The van der Waals surface area contributed by atoms with E-state index in [-0.39, 0.29) is 30.0 Å². The molecule has 6 N–H and O–H groups in total. The first-order valence-corrected chi connectivity index (χ1v) is 10.3. The molecule has 0 spiro atoms. The molecular weight excluding hydrogens is 342 g/mol. The van der Waals surface area contributed by atoms with Crippen LogP contribution >= 0.6 is 0 Å². The number of nitrogens with one attached hydrogen (secondary N) is 2. The number of hydrogen-bond acceptors (Lipinski definition) is 6. The van der Waals surface area contributed by atoms with Gasteiger partial charge in [-0.3, -0.25) is 4.79 Å². The van der Waals surface area contributed by atoms with Crippen LogP contribution in [-0.2, 0) is 4.79 Å². The number of carbonyl (C=O) groups is 1. The quantitative estimate of drug-likeness (QED) is 0.229. The first-order chi connectivity index (χ1) is 13.1. The van der Waals surface area contributed by atoms with Gasteiger partial charge in [0.15, 0.2) is 0 Å². The molecule has 2 unspecified atom stereocenters. The number of nitriles is 1. The lowest BCUT2D eigenvalue weighted by Crippen LogP contribution is -2.55. The van der Waals surface area contributed by atoms with E-state index in [9.17, 15) is 10.1 Å². The molecule has 1 amide bonds. The number of likely N-dealkylation sites (tertiary alicyclic amines) is 1. The van der Waals surface area contributed by atoms with Crippen molar-refractivity contribution < 1.29 is 4.79 Å². The Bertz CT molecular complexity index is 551. The second kappa shape index (κ2) is 10.5. The number of nitrogens with two attached hydrogens (primary N) is 2. The number of rotatable bonds is 7. The smallest absolute Gasteiger partial charge is 0.237 e. The molecule has 0 aromatic carbocycles. The van der Waals surface area contributed by atoms with Crippen LogP contribution in [0.1, 0.15) is 71.1 Å². The zero-order valence-corrected chi connectivity index (χ0v) is 16.5. The van der Waals surface area contributed by atoms with Crippen molar-refractivity contribution in [3.8, 4) is 6.07 Å². The van der Waals surface area contributed by atoms with Crippen molar-refractivity contribution >= 4 is 11.7 Å². The van der Waals surface area contributed by atoms with Gasteiger partial charge in [-0.25, -0.2) is 5.84 Å². The van der Waals surface area contributed by atoms with Crippen LogP contribution in [0.4, 0.5) is 0 Å². The van der Waals surface area contributed by atoms with Crippen molar-refractivity contribution in [1.29, 1.82) is 5.26 Å². The molecule has 2 atom stereocenters. The highest BCUT2D eigenvalue weighted by Crippen LogP contribution is 2.34. The predicted octanol–water partition coefficient (Wildman–Crippen LogP) is 1.34. The molecule has 1 saturated heterocycles. The van der Waals surface area contributed by atoms with Crippen molar-refractivity contribution in [2.75, 3.05) is 13.1 Å². The molecule has 2 rings (SSSR count). The number of hydrazone groups is 1. The Morgan fingerprint density at radius 3 is 2.67 bits per heavy atom. The summed E-state index contributed by atoms with van der Waals surface area (Å²) < 4.78 is 0. The summed E-state index contributed by atoms with van der Waals surface area (Å²) >= 11 is 0. The average molecular weight is 378 g/mol. The van der Waals surface area contributed by atoms with E-state index < -0.39 is 0 Å². The standard InChI is InChI=1S/C19H35N7O/c1-2-15(18(24-21)25-22)12-19(9-5-3-6-10-19)23-14-17(27)26-11-7-4-8-16(26)13-20/h15-16,23H,2-12,14,21-22H2,1H3,(H,24,25). The van der Waals surface area contributed by atoms with Crippen molar-refractivity contribution in [3.63, 3.8) is 0 Å². The molecule has 1 saturated carbocycles. The van der Waals surface area contributed by atoms with Gasteiger partial charge in [0.2, 0.25) is 5.91 Å². The monoisotopic (exact) mass is 377 g/mol. The van der Waals surface area contributed by atoms with E-state index in [4.69, 9.17) is 11.7 Å². The molecule has 0 bridgehead atoms. The number of carbonyl (C=O) groups excluding carboxylic acids is 1. The molecule has 1 aliphatic heterocycles. The lowest BCUT2D eigenvalue weighted by molar-refractivity contribution is -0.133. The molecule has 0 radical (unpaired) electrons. The fourth-order valence-electron chi connectivity index (χ4n) is 4.58. The van der Waals surface area contributed by atoms with Gasteiger partial charge in [0, 0.05) is 18.0 Å². The Kier molecular flexibility index (Phi) is 8.32. The van der Waals surface area contributed by atoms with Crippen LogP contribution in [-0.4, -0.2) is 41.3 Å². The second-order valence-electron chi connectivity index (χ2n) is 7.89. The molecule has 1 heterocycles. The summed E-state index contributed by atoms with van der Waals surface area (Å²) in [6, 6.07) is 2.00. The zero-order chi connectivity index (χ0) is 19.7. The fraction of sp³-hybridized carbons (Fsp3) is 0.842. The third-order valence-corrected chi connectivity index (χ3v) is 6.20. The van der Waals surface area contributed by atoms with E-state index in [1.165, 1.54) is 6.42 Å². The molecule has 2 aliphatic rings. The Morgan fingerprint density at radius 2 is 2.07 bits per heavy atom. The van der Waals surface area contributed by atoms with Gasteiger partial charge >= 0.3 is 0 Å². The number of nitrogens with zero attached hydrogens (tertiary/aromatic N) is 3. The fourth-order valence-corrected chi connectivity index (χ4v) is 4.58. The highest BCUT2D eigenvalue weighted by Gasteiger charge is 2.36. The first-order valence-electron chi connectivity index (χ1n) is 10.3. The Morgan fingerprint density at radius 1 is 1.33 bits per heavy atom. The SMILES string of the molecule is CCC(CC1(NCC(=O)N2CCCCC2C#N)CCCCC1)/C(=N/N)NN. The molecule has 8 nitrogen and oxygen atoms in total. The van der Waals surface area contributed by atoms with Crippen LogP contribution in [0, 0.1) is 17.2 Å². The number of piperidine rings is 1. The third kappa shape index (κ3) is 5.56. The Labute approximate surface area is 162 Å². The molecular formula is C19H35N7O. The van der Waals surface area contributed by atoms with E-state index in [1.54, 1.807) is 4.90 Å². The van der Waals surface area contributed by atoms with Crippen LogP contribution in [0.15, 0.2) is 5.10 Å². The maximum absolute atomic E-state index is 12.8. The highest BCUT2D eigenvalue weighted by molar-refractivity contribution is 5.83. The van der Waals surface area contributed by atoms with Gasteiger partial charge < -0.3 is 21.5 Å². The summed E-state index contributed by atoms with van der Waals surface area (Å²) in [5, 5.41) is 16.7. The molecule has 1 aliphatic carbocycles. The van der Waals surface area contributed by atoms with Crippen LogP contribution in [0.5, 0.6) is 0 Å². The minimum atomic E-state index is -0.281. The predicted molar refractivity (Wildman–Crippen MR) is 106 cm³/mol. The number of hydrogen-bond donors (Lipinski definition) is 4. The average Bonchev–Trinajstić information content (AvgIpc) is 2.72. The number of amides is 1. The zero-order valence-electron chi connectivity index (χ0n) is 16.5. The van der Waals surface area contributed by atoms with Gasteiger partial charge in [0.05, 0.1) is 12.6 Å². The van der Waals surface area contributed by atoms with Crippen molar-refractivity contribution in [2.45, 2.75) is 82.7 Å². The van der Waals surface area contributed by atoms with E-state index in [1.807, 2.05) is 0 Å². The van der Waals surface area contributed by atoms with Gasteiger partial charge in [0.25, 0.3) is 0 Å². The molecule has 8 heteroatoms. The van der Waals surface area contributed by atoms with Crippen LogP contribution in [0.3, 0.4) is 0 Å². The van der Waals surface area contributed by atoms with Crippen LogP contribution in [0.2, 0.25) is 0 Å². The van der Waals surface area contributed by atoms with E-state index in [0.717, 1.165) is 57.8 Å². The third-order valence-electron chi connectivity index (χ3n) is 6.20. The first kappa shape index (κ1) is 21.5. The molecule has 152 valence electrons. The summed E-state index contributed by atoms with van der Waals surface area (Å²) in [7, 11) is 0. The lowest BCUT2D eigenvalue weighted by Gasteiger charge is -2.41. The molecule has 0 aromatic heterocycles. The van der Waals surface area contributed by atoms with Gasteiger partial charge in [-0.1, -0.05) is 26.2 Å². The maximum atomic E-state index is 12.8. The van der Waals surface area contributed by atoms with Gasteiger partial charge in [-0.15, -0.1) is 0 Å². The summed E-state index contributed by atoms with van der Waals surface area (Å²) in [6.45, 7) is 3.06. The normalized spacial score (nSPS) is 24.1. The molecule has 27 heavy (non-hydrogen) atoms.